The summed E-state index contributed by atoms with van der Waals surface area (Å²) >= 11 is 5.79. The van der Waals surface area contributed by atoms with Crippen molar-refractivity contribution < 1.29 is 9.53 Å². The average Bonchev–Trinajstić information content (AvgIpc) is 2.10. The van der Waals surface area contributed by atoms with E-state index in [4.69, 9.17) is 16.3 Å². The molecule has 0 fully saturated rings. The fraction of sp³-hybridized carbons (Fsp3) is 0.333. The van der Waals surface area contributed by atoms with E-state index >= 15 is 0 Å². The fourth-order valence-electron chi connectivity index (χ4n) is 0.832. The third-order valence-electron chi connectivity index (χ3n) is 1.54. The van der Waals surface area contributed by atoms with Crippen LogP contribution in [0.4, 0.5) is 0 Å². The number of pyridine rings is 1. The molecule has 0 amide bonds. The molecule has 0 aromatic carbocycles. The van der Waals surface area contributed by atoms with Crippen LogP contribution in [-0.2, 0) is 4.74 Å². The molecule has 0 aliphatic heterocycles. The third-order valence-corrected chi connectivity index (χ3v) is 1.92. The Kier molecular flexibility index (Phi) is 3.25. The van der Waals surface area contributed by atoms with E-state index in [0.29, 0.717) is 22.9 Å². The summed E-state index contributed by atoms with van der Waals surface area (Å²) in [6.07, 6.45) is 1.46. The van der Waals surface area contributed by atoms with Gasteiger partial charge in [0.25, 0.3) is 0 Å². The highest BCUT2D eigenvalue weighted by molar-refractivity contribution is 6.31. The van der Waals surface area contributed by atoms with Crippen molar-refractivity contribution >= 4 is 17.6 Å². The van der Waals surface area contributed by atoms with E-state index in [9.17, 15) is 4.79 Å². The SMILES string of the molecule is CCOC(=O)c1cnc(C)c(Cl)c1. The van der Waals surface area contributed by atoms with Crippen molar-refractivity contribution in [1.29, 1.82) is 0 Å². The Labute approximate surface area is 81.7 Å². The lowest BCUT2D eigenvalue weighted by Gasteiger charge is -2.02. The van der Waals surface area contributed by atoms with Crippen molar-refractivity contribution in [3.05, 3.63) is 28.5 Å². The number of aryl methyl sites for hydroxylation is 1. The third kappa shape index (κ3) is 2.42. The number of carbonyl (C=O) groups excluding carboxylic acids is 1. The largest absolute Gasteiger partial charge is 0.462 e. The molecular formula is C9H10ClNO2. The maximum absolute atomic E-state index is 11.2. The summed E-state index contributed by atoms with van der Waals surface area (Å²) < 4.78 is 4.79. The Morgan fingerprint density at radius 2 is 2.38 bits per heavy atom. The Balaban J connectivity index is 2.90. The fourth-order valence-corrected chi connectivity index (χ4v) is 0.999. The van der Waals surface area contributed by atoms with Gasteiger partial charge in [-0.1, -0.05) is 11.6 Å². The smallest absolute Gasteiger partial charge is 0.339 e. The average molecular weight is 200 g/mol. The number of ether oxygens (including phenoxy) is 1. The van der Waals surface area contributed by atoms with E-state index in [2.05, 4.69) is 4.98 Å². The Bertz CT molecular complexity index is 325. The minimum Gasteiger partial charge on any atom is -0.462 e. The van der Waals surface area contributed by atoms with Gasteiger partial charge in [-0.3, -0.25) is 4.98 Å². The standard InChI is InChI=1S/C9H10ClNO2/c1-3-13-9(12)7-4-8(10)6(2)11-5-7/h4-5H,3H2,1-2H3. The van der Waals surface area contributed by atoms with Crippen LogP contribution in [-0.4, -0.2) is 17.6 Å². The van der Waals surface area contributed by atoms with Crippen molar-refractivity contribution in [1.82, 2.24) is 4.98 Å². The molecule has 1 aromatic heterocycles. The van der Waals surface area contributed by atoms with E-state index in [0.717, 1.165) is 0 Å². The van der Waals surface area contributed by atoms with E-state index in [-0.39, 0.29) is 0 Å². The molecule has 1 heterocycles. The number of rotatable bonds is 2. The second-order valence-corrected chi connectivity index (χ2v) is 2.92. The van der Waals surface area contributed by atoms with Crippen LogP contribution in [0.1, 0.15) is 23.0 Å². The molecule has 0 saturated carbocycles. The lowest BCUT2D eigenvalue weighted by Crippen LogP contribution is -2.05. The first-order chi connectivity index (χ1) is 6.15. The van der Waals surface area contributed by atoms with Gasteiger partial charge in [0.15, 0.2) is 0 Å². The molecule has 0 atom stereocenters. The number of carbonyl (C=O) groups is 1. The molecule has 0 radical (unpaired) electrons. The van der Waals surface area contributed by atoms with E-state index in [1.54, 1.807) is 19.9 Å². The van der Waals surface area contributed by atoms with Crippen molar-refractivity contribution in [3.8, 4) is 0 Å². The van der Waals surface area contributed by atoms with Gasteiger partial charge >= 0.3 is 5.97 Å². The Hall–Kier alpha value is -1.09. The first kappa shape index (κ1) is 9.99. The molecule has 3 nitrogen and oxygen atoms in total. The summed E-state index contributed by atoms with van der Waals surface area (Å²) in [4.78, 5) is 15.1. The number of hydrogen-bond donors (Lipinski definition) is 0. The highest BCUT2D eigenvalue weighted by Gasteiger charge is 2.08. The monoisotopic (exact) mass is 199 g/mol. The molecule has 0 aliphatic rings. The van der Waals surface area contributed by atoms with Crippen LogP contribution in [0, 0.1) is 6.92 Å². The van der Waals surface area contributed by atoms with Crippen LogP contribution >= 0.6 is 11.6 Å². The van der Waals surface area contributed by atoms with Gasteiger partial charge in [0.1, 0.15) is 0 Å². The molecule has 1 rings (SSSR count). The van der Waals surface area contributed by atoms with Crippen LogP contribution < -0.4 is 0 Å². The van der Waals surface area contributed by atoms with Crippen LogP contribution in [0.2, 0.25) is 5.02 Å². The summed E-state index contributed by atoms with van der Waals surface area (Å²) in [7, 11) is 0. The van der Waals surface area contributed by atoms with Crippen LogP contribution in [0.3, 0.4) is 0 Å². The lowest BCUT2D eigenvalue weighted by atomic mass is 10.2. The van der Waals surface area contributed by atoms with Gasteiger partial charge in [0.05, 0.1) is 22.9 Å². The van der Waals surface area contributed by atoms with Crippen LogP contribution in [0.25, 0.3) is 0 Å². The van der Waals surface area contributed by atoms with Crippen molar-refractivity contribution in [2.75, 3.05) is 6.61 Å². The topological polar surface area (TPSA) is 39.2 Å². The molecule has 1 aromatic rings. The molecule has 0 N–H and O–H groups in total. The highest BCUT2D eigenvalue weighted by Crippen LogP contribution is 2.14. The molecule has 0 spiro atoms. The molecular weight excluding hydrogens is 190 g/mol. The molecule has 4 heteroatoms. The zero-order valence-corrected chi connectivity index (χ0v) is 8.26. The van der Waals surface area contributed by atoms with Gasteiger partial charge in [0, 0.05) is 6.20 Å². The predicted molar refractivity (Wildman–Crippen MR) is 49.9 cm³/mol. The quantitative estimate of drug-likeness (QED) is 0.686. The van der Waals surface area contributed by atoms with Crippen molar-refractivity contribution in [3.63, 3.8) is 0 Å². The first-order valence-corrected chi connectivity index (χ1v) is 4.32. The summed E-state index contributed by atoms with van der Waals surface area (Å²) in [5.41, 5.74) is 1.09. The summed E-state index contributed by atoms with van der Waals surface area (Å²) in [5, 5.41) is 0.477. The van der Waals surface area contributed by atoms with E-state index in [1.165, 1.54) is 6.20 Å². The zero-order valence-electron chi connectivity index (χ0n) is 7.50. The predicted octanol–water partition coefficient (Wildman–Crippen LogP) is 2.22. The van der Waals surface area contributed by atoms with Crippen LogP contribution in [0.5, 0.6) is 0 Å². The number of nitrogens with zero attached hydrogens (tertiary/aromatic N) is 1. The normalized spacial score (nSPS) is 9.77. The van der Waals surface area contributed by atoms with Gasteiger partial charge in [0.2, 0.25) is 0 Å². The molecule has 0 bridgehead atoms. The molecule has 13 heavy (non-hydrogen) atoms. The molecule has 0 aliphatic carbocycles. The number of halogens is 1. The maximum Gasteiger partial charge on any atom is 0.339 e. The van der Waals surface area contributed by atoms with Gasteiger partial charge in [-0.2, -0.15) is 0 Å². The molecule has 0 saturated heterocycles. The summed E-state index contributed by atoms with van der Waals surface area (Å²) in [5.74, 6) is -0.392. The van der Waals surface area contributed by atoms with E-state index < -0.39 is 5.97 Å². The molecule has 70 valence electrons. The second-order valence-electron chi connectivity index (χ2n) is 2.51. The number of esters is 1. The summed E-state index contributed by atoms with van der Waals surface area (Å²) in [6, 6.07) is 1.56. The zero-order chi connectivity index (χ0) is 9.84. The molecule has 0 unspecified atom stereocenters. The van der Waals surface area contributed by atoms with Gasteiger partial charge in [-0.05, 0) is 19.9 Å². The van der Waals surface area contributed by atoms with Gasteiger partial charge in [-0.25, -0.2) is 4.79 Å². The highest BCUT2D eigenvalue weighted by atomic mass is 35.5. The van der Waals surface area contributed by atoms with Gasteiger partial charge in [-0.15, -0.1) is 0 Å². The van der Waals surface area contributed by atoms with Crippen molar-refractivity contribution in [2.24, 2.45) is 0 Å². The van der Waals surface area contributed by atoms with Crippen LogP contribution in [0.15, 0.2) is 12.3 Å². The minimum absolute atomic E-state index is 0.352. The Morgan fingerprint density at radius 1 is 1.69 bits per heavy atom. The minimum atomic E-state index is -0.392. The second kappa shape index (κ2) is 4.23. The van der Waals surface area contributed by atoms with E-state index in [1.807, 2.05) is 0 Å². The van der Waals surface area contributed by atoms with Gasteiger partial charge < -0.3 is 4.74 Å². The number of aromatic nitrogens is 1. The Morgan fingerprint density at radius 3 is 2.92 bits per heavy atom. The summed E-state index contributed by atoms with van der Waals surface area (Å²) in [6.45, 7) is 3.88. The first-order valence-electron chi connectivity index (χ1n) is 3.94. The van der Waals surface area contributed by atoms with Crippen molar-refractivity contribution in [2.45, 2.75) is 13.8 Å². The lowest BCUT2D eigenvalue weighted by molar-refractivity contribution is 0.0526. The number of hydrogen-bond acceptors (Lipinski definition) is 3. The maximum atomic E-state index is 11.2.